The zero-order valence-electron chi connectivity index (χ0n) is 9.91. The summed E-state index contributed by atoms with van der Waals surface area (Å²) in [7, 11) is 1.51. The van der Waals surface area contributed by atoms with Crippen LogP contribution in [0.5, 0.6) is 0 Å². The lowest BCUT2D eigenvalue weighted by atomic mass is 10.1. The number of hydrogen-bond donors (Lipinski definition) is 1. The summed E-state index contributed by atoms with van der Waals surface area (Å²) in [5.74, 6) is -0.983. The molecule has 92 valence electrons. The van der Waals surface area contributed by atoms with Gasteiger partial charge in [-0.2, -0.15) is 0 Å². The molecule has 0 saturated carbocycles. The molecule has 1 N–H and O–H groups in total. The van der Waals surface area contributed by atoms with Crippen LogP contribution in [0.15, 0.2) is 54.6 Å². The summed E-state index contributed by atoms with van der Waals surface area (Å²) in [6.07, 6.45) is 0. The second-order valence-corrected chi connectivity index (χ2v) is 3.63. The van der Waals surface area contributed by atoms with Gasteiger partial charge in [0.2, 0.25) is 0 Å². The van der Waals surface area contributed by atoms with Gasteiger partial charge in [-0.15, -0.1) is 0 Å². The molecular formula is C14H13NO3. The predicted octanol–water partition coefficient (Wildman–Crippen LogP) is 3.08. The Morgan fingerprint density at radius 2 is 1.67 bits per heavy atom. The third-order valence-corrected chi connectivity index (χ3v) is 2.53. The van der Waals surface area contributed by atoms with Gasteiger partial charge in [0.1, 0.15) is 0 Å². The van der Waals surface area contributed by atoms with Crippen LogP contribution in [0.4, 0.5) is 11.4 Å². The lowest BCUT2D eigenvalue weighted by Gasteiger charge is -2.23. The Bertz CT molecular complexity index is 540. The average molecular weight is 243 g/mol. The van der Waals surface area contributed by atoms with E-state index in [4.69, 9.17) is 4.84 Å². The summed E-state index contributed by atoms with van der Waals surface area (Å²) in [5.41, 5.74) is 1.47. The van der Waals surface area contributed by atoms with Crippen LogP contribution in [-0.4, -0.2) is 18.2 Å². The van der Waals surface area contributed by atoms with Crippen molar-refractivity contribution in [2.45, 2.75) is 0 Å². The van der Waals surface area contributed by atoms with Gasteiger partial charge < -0.3 is 5.11 Å². The number of carboxylic acid groups (broad SMARTS) is 1. The molecule has 0 atom stereocenters. The highest BCUT2D eigenvalue weighted by atomic mass is 16.7. The molecule has 0 aromatic heterocycles. The fraction of sp³-hybridized carbons (Fsp3) is 0.0714. The van der Waals surface area contributed by atoms with Gasteiger partial charge in [0.15, 0.2) is 0 Å². The van der Waals surface area contributed by atoms with E-state index in [9.17, 15) is 9.90 Å². The minimum Gasteiger partial charge on any atom is -0.478 e. The van der Waals surface area contributed by atoms with E-state index in [2.05, 4.69) is 0 Å². The molecule has 2 aromatic rings. The standard InChI is InChI=1S/C14H13NO3/c1-18-15(11-7-3-2-4-8-11)13-10-6-5-9-12(13)14(16)17/h2-10H,1H3,(H,16,17). The Hall–Kier alpha value is -2.33. The van der Waals surface area contributed by atoms with E-state index in [1.807, 2.05) is 30.3 Å². The fourth-order valence-corrected chi connectivity index (χ4v) is 1.74. The Labute approximate surface area is 105 Å². The maximum Gasteiger partial charge on any atom is 0.337 e. The molecule has 0 saturated heterocycles. The van der Waals surface area contributed by atoms with E-state index in [-0.39, 0.29) is 5.56 Å². The van der Waals surface area contributed by atoms with Gasteiger partial charge in [-0.3, -0.25) is 4.84 Å². The van der Waals surface area contributed by atoms with Gasteiger partial charge in [-0.1, -0.05) is 30.3 Å². The SMILES string of the molecule is CON(c1ccccc1)c1ccccc1C(=O)O. The van der Waals surface area contributed by atoms with Crippen molar-refractivity contribution in [3.05, 3.63) is 60.2 Å². The van der Waals surface area contributed by atoms with Gasteiger partial charge in [-0.25, -0.2) is 9.86 Å². The molecular weight excluding hydrogens is 230 g/mol. The Balaban J connectivity index is 2.49. The van der Waals surface area contributed by atoms with Crippen molar-refractivity contribution in [2.24, 2.45) is 0 Å². The number of para-hydroxylation sites is 2. The zero-order chi connectivity index (χ0) is 13.0. The molecule has 0 fully saturated rings. The first-order chi connectivity index (χ1) is 8.74. The molecule has 0 unspecified atom stereocenters. The second kappa shape index (κ2) is 5.33. The molecule has 0 aliphatic carbocycles. The quantitative estimate of drug-likeness (QED) is 0.838. The molecule has 0 aliphatic rings. The smallest absolute Gasteiger partial charge is 0.337 e. The highest BCUT2D eigenvalue weighted by Gasteiger charge is 2.16. The molecule has 2 aromatic carbocycles. The monoisotopic (exact) mass is 243 g/mol. The number of hydrogen-bond acceptors (Lipinski definition) is 3. The summed E-state index contributed by atoms with van der Waals surface area (Å²) in [6, 6.07) is 16.0. The minimum absolute atomic E-state index is 0.197. The third-order valence-electron chi connectivity index (χ3n) is 2.53. The van der Waals surface area contributed by atoms with Gasteiger partial charge in [0.25, 0.3) is 0 Å². The average Bonchev–Trinajstić information content (AvgIpc) is 2.41. The van der Waals surface area contributed by atoms with Crippen molar-refractivity contribution in [1.82, 2.24) is 0 Å². The first-order valence-corrected chi connectivity index (χ1v) is 5.45. The van der Waals surface area contributed by atoms with Crippen LogP contribution in [0.3, 0.4) is 0 Å². The van der Waals surface area contributed by atoms with Crippen LogP contribution >= 0.6 is 0 Å². The van der Waals surface area contributed by atoms with Crippen molar-refractivity contribution < 1.29 is 14.7 Å². The molecule has 18 heavy (non-hydrogen) atoms. The molecule has 4 nitrogen and oxygen atoms in total. The number of carboxylic acids is 1. The molecule has 0 radical (unpaired) electrons. The maximum atomic E-state index is 11.2. The van der Waals surface area contributed by atoms with E-state index in [0.29, 0.717) is 5.69 Å². The molecule has 0 heterocycles. The first-order valence-electron chi connectivity index (χ1n) is 5.45. The normalized spacial score (nSPS) is 10.1. The van der Waals surface area contributed by atoms with Crippen molar-refractivity contribution >= 4 is 17.3 Å². The van der Waals surface area contributed by atoms with E-state index < -0.39 is 5.97 Å². The second-order valence-electron chi connectivity index (χ2n) is 3.63. The van der Waals surface area contributed by atoms with Crippen molar-refractivity contribution in [1.29, 1.82) is 0 Å². The van der Waals surface area contributed by atoms with Crippen LogP contribution in [0.1, 0.15) is 10.4 Å². The number of carbonyl (C=O) groups is 1. The van der Waals surface area contributed by atoms with Crippen LogP contribution < -0.4 is 5.06 Å². The maximum absolute atomic E-state index is 11.2. The van der Waals surface area contributed by atoms with Crippen LogP contribution in [0, 0.1) is 0 Å². The van der Waals surface area contributed by atoms with E-state index in [1.165, 1.54) is 12.2 Å². The lowest BCUT2D eigenvalue weighted by molar-refractivity contribution is 0.0695. The summed E-state index contributed by atoms with van der Waals surface area (Å²) >= 11 is 0. The van der Waals surface area contributed by atoms with Gasteiger partial charge in [-0.05, 0) is 24.3 Å². The van der Waals surface area contributed by atoms with Crippen molar-refractivity contribution in [3.8, 4) is 0 Å². The lowest BCUT2D eigenvalue weighted by Crippen LogP contribution is -2.18. The van der Waals surface area contributed by atoms with Crippen molar-refractivity contribution in [3.63, 3.8) is 0 Å². The summed E-state index contributed by atoms with van der Waals surface area (Å²) in [5, 5.41) is 10.7. The highest BCUT2D eigenvalue weighted by Crippen LogP contribution is 2.28. The molecule has 0 aliphatic heterocycles. The summed E-state index contributed by atoms with van der Waals surface area (Å²) in [4.78, 5) is 16.5. The zero-order valence-corrected chi connectivity index (χ0v) is 9.91. The Morgan fingerprint density at radius 3 is 2.28 bits per heavy atom. The molecule has 0 bridgehead atoms. The van der Waals surface area contributed by atoms with Gasteiger partial charge >= 0.3 is 5.97 Å². The van der Waals surface area contributed by atoms with Crippen LogP contribution in [0.25, 0.3) is 0 Å². The number of anilines is 2. The van der Waals surface area contributed by atoms with Crippen LogP contribution in [-0.2, 0) is 4.84 Å². The fourth-order valence-electron chi connectivity index (χ4n) is 1.74. The van der Waals surface area contributed by atoms with Gasteiger partial charge in [0, 0.05) is 0 Å². The topological polar surface area (TPSA) is 49.8 Å². The molecule has 0 amide bonds. The number of rotatable bonds is 4. The Kier molecular flexibility index (Phi) is 3.60. The minimum atomic E-state index is -0.983. The molecule has 4 heteroatoms. The van der Waals surface area contributed by atoms with Crippen LogP contribution in [0.2, 0.25) is 0 Å². The summed E-state index contributed by atoms with van der Waals surface area (Å²) < 4.78 is 0. The predicted molar refractivity (Wildman–Crippen MR) is 69.0 cm³/mol. The molecule has 0 spiro atoms. The Morgan fingerprint density at radius 1 is 1.06 bits per heavy atom. The van der Waals surface area contributed by atoms with E-state index >= 15 is 0 Å². The number of nitrogens with zero attached hydrogens (tertiary/aromatic N) is 1. The largest absolute Gasteiger partial charge is 0.478 e. The molecule has 2 rings (SSSR count). The number of aromatic carboxylic acids is 1. The van der Waals surface area contributed by atoms with E-state index in [0.717, 1.165) is 5.69 Å². The van der Waals surface area contributed by atoms with E-state index in [1.54, 1.807) is 24.3 Å². The third kappa shape index (κ3) is 2.33. The highest BCUT2D eigenvalue weighted by molar-refractivity contribution is 5.95. The van der Waals surface area contributed by atoms with Gasteiger partial charge in [0.05, 0.1) is 24.0 Å². The van der Waals surface area contributed by atoms with Crippen molar-refractivity contribution in [2.75, 3.05) is 12.2 Å². The number of benzene rings is 2. The first kappa shape index (κ1) is 12.1. The summed E-state index contributed by atoms with van der Waals surface area (Å²) in [6.45, 7) is 0.